The molecule has 0 bridgehead atoms. The lowest BCUT2D eigenvalue weighted by Crippen LogP contribution is -2.47. The van der Waals surface area contributed by atoms with Gasteiger partial charge in [-0.2, -0.15) is 0 Å². The van der Waals surface area contributed by atoms with E-state index in [-0.39, 0.29) is 0 Å². The van der Waals surface area contributed by atoms with Gasteiger partial charge < -0.3 is 14.4 Å². The van der Waals surface area contributed by atoms with Crippen LogP contribution in [0.2, 0.25) is 0 Å². The van der Waals surface area contributed by atoms with Gasteiger partial charge in [-0.05, 0) is 37.5 Å². The Labute approximate surface area is 143 Å². The van der Waals surface area contributed by atoms with Crippen molar-refractivity contribution in [3.63, 3.8) is 0 Å². The zero-order valence-electron chi connectivity index (χ0n) is 14.7. The Balaban J connectivity index is 1.64. The number of piperazine rings is 1. The van der Waals surface area contributed by atoms with Gasteiger partial charge in [0.2, 0.25) is 0 Å². The minimum atomic E-state index is 0.728. The zero-order chi connectivity index (χ0) is 16.7. The van der Waals surface area contributed by atoms with Gasteiger partial charge in [0.25, 0.3) is 0 Å². The Kier molecular flexibility index (Phi) is 3.96. The lowest BCUT2D eigenvalue weighted by molar-refractivity contribution is 0.247. The van der Waals surface area contributed by atoms with E-state index in [9.17, 15) is 0 Å². The van der Waals surface area contributed by atoms with Gasteiger partial charge in [0.15, 0.2) is 11.5 Å². The molecule has 2 fully saturated rings. The molecule has 2 aromatic rings. The van der Waals surface area contributed by atoms with Crippen LogP contribution in [0.1, 0.15) is 18.4 Å². The number of pyridine rings is 1. The molecule has 1 saturated heterocycles. The van der Waals surface area contributed by atoms with E-state index in [0.717, 1.165) is 60.4 Å². The maximum Gasteiger partial charge on any atom is 0.162 e. The van der Waals surface area contributed by atoms with Crippen LogP contribution >= 0.6 is 0 Å². The Morgan fingerprint density at radius 3 is 2.25 bits per heavy atom. The number of hydrogen-bond donors (Lipinski definition) is 0. The normalized spacial score (nSPS) is 18.9. The van der Waals surface area contributed by atoms with E-state index in [2.05, 4.69) is 22.8 Å². The van der Waals surface area contributed by atoms with Crippen molar-refractivity contribution in [1.82, 2.24) is 9.88 Å². The average molecular weight is 327 g/mol. The molecule has 0 atom stereocenters. The second kappa shape index (κ2) is 6.13. The van der Waals surface area contributed by atoms with Gasteiger partial charge in [0, 0.05) is 43.7 Å². The Morgan fingerprint density at radius 1 is 0.958 bits per heavy atom. The number of aromatic nitrogens is 1. The number of nitrogens with zero attached hydrogens (tertiary/aromatic N) is 3. The third kappa shape index (κ3) is 2.77. The summed E-state index contributed by atoms with van der Waals surface area (Å²) in [5.74, 6) is 2.58. The van der Waals surface area contributed by atoms with E-state index >= 15 is 0 Å². The number of ether oxygens (including phenoxy) is 2. The number of anilines is 1. The molecule has 5 nitrogen and oxygen atoms in total. The largest absolute Gasteiger partial charge is 0.493 e. The first-order chi connectivity index (χ1) is 11.7. The van der Waals surface area contributed by atoms with Crippen molar-refractivity contribution >= 4 is 16.7 Å². The minimum absolute atomic E-state index is 0.728. The van der Waals surface area contributed by atoms with Crippen LogP contribution in [0.4, 0.5) is 5.82 Å². The molecular weight excluding hydrogens is 302 g/mol. The van der Waals surface area contributed by atoms with Crippen LogP contribution in [0.3, 0.4) is 0 Å². The monoisotopic (exact) mass is 327 g/mol. The van der Waals surface area contributed by atoms with Crippen LogP contribution in [-0.2, 0) is 0 Å². The van der Waals surface area contributed by atoms with Gasteiger partial charge in [0.05, 0.1) is 19.7 Å². The number of rotatable bonds is 4. The molecule has 128 valence electrons. The summed E-state index contributed by atoms with van der Waals surface area (Å²) in [5.41, 5.74) is 2.17. The van der Waals surface area contributed by atoms with Gasteiger partial charge in [-0.3, -0.25) is 4.90 Å². The molecule has 0 unspecified atom stereocenters. The van der Waals surface area contributed by atoms with Crippen molar-refractivity contribution in [1.29, 1.82) is 0 Å². The molecule has 2 heterocycles. The van der Waals surface area contributed by atoms with E-state index in [1.54, 1.807) is 14.2 Å². The molecule has 4 rings (SSSR count). The fraction of sp³-hybridized carbons (Fsp3) is 0.526. The fourth-order valence-corrected chi connectivity index (χ4v) is 3.66. The Hall–Kier alpha value is -2.01. The SMILES string of the molecule is COc1cc2cc(C)c(N3CCN(C4CC4)CC3)nc2cc1OC. The number of aryl methyl sites for hydroxylation is 1. The highest BCUT2D eigenvalue weighted by Crippen LogP contribution is 2.34. The van der Waals surface area contributed by atoms with Crippen molar-refractivity contribution in [3.05, 3.63) is 23.8 Å². The molecule has 0 radical (unpaired) electrons. The molecular formula is C19H25N3O2. The summed E-state index contributed by atoms with van der Waals surface area (Å²) in [7, 11) is 3.33. The Bertz CT molecular complexity index is 750. The van der Waals surface area contributed by atoms with Crippen molar-refractivity contribution in [2.45, 2.75) is 25.8 Å². The summed E-state index contributed by atoms with van der Waals surface area (Å²) in [4.78, 5) is 9.99. The van der Waals surface area contributed by atoms with Gasteiger partial charge >= 0.3 is 0 Å². The highest BCUT2D eigenvalue weighted by molar-refractivity contribution is 5.85. The molecule has 5 heteroatoms. The standard InChI is InChI=1S/C19H25N3O2/c1-13-10-14-11-17(23-2)18(24-3)12-16(14)20-19(13)22-8-6-21(7-9-22)15-4-5-15/h10-12,15H,4-9H2,1-3H3. The second-order valence-electron chi connectivity index (χ2n) is 6.78. The van der Waals surface area contributed by atoms with Crippen LogP contribution in [0.5, 0.6) is 11.5 Å². The van der Waals surface area contributed by atoms with Crippen LogP contribution in [0, 0.1) is 6.92 Å². The zero-order valence-corrected chi connectivity index (χ0v) is 14.7. The van der Waals surface area contributed by atoms with Crippen LogP contribution in [0.25, 0.3) is 10.9 Å². The van der Waals surface area contributed by atoms with Gasteiger partial charge in [-0.1, -0.05) is 0 Å². The van der Waals surface area contributed by atoms with Gasteiger partial charge in [0.1, 0.15) is 5.82 Å². The highest BCUT2D eigenvalue weighted by Gasteiger charge is 2.31. The predicted molar refractivity (Wildman–Crippen MR) is 96.4 cm³/mol. The number of fused-ring (bicyclic) bond motifs is 1. The summed E-state index contributed by atoms with van der Waals surface area (Å²) < 4.78 is 10.8. The first kappa shape index (κ1) is 15.5. The third-order valence-corrected chi connectivity index (χ3v) is 5.16. The van der Waals surface area contributed by atoms with E-state index < -0.39 is 0 Å². The summed E-state index contributed by atoms with van der Waals surface area (Å²) in [5, 5.41) is 1.09. The molecule has 0 amide bonds. The number of benzene rings is 1. The van der Waals surface area contributed by atoms with E-state index in [0.29, 0.717) is 0 Å². The summed E-state index contributed by atoms with van der Waals surface area (Å²) >= 11 is 0. The lowest BCUT2D eigenvalue weighted by atomic mass is 10.1. The lowest BCUT2D eigenvalue weighted by Gasteiger charge is -2.36. The first-order valence-electron chi connectivity index (χ1n) is 8.72. The van der Waals surface area contributed by atoms with E-state index in [4.69, 9.17) is 14.5 Å². The highest BCUT2D eigenvalue weighted by atomic mass is 16.5. The van der Waals surface area contributed by atoms with E-state index in [1.807, 2.05) is 12.1 Å². The molecule has 0 N–H and O–H groups in total. The summed E-state index contributed by atoms with van der Waals surface area (Å²) in [6.45, 7) is 6.56. The quantitative estimate of drug-likeness (QED) is 0.863. The third-order valence-electron chi connectivity index (χ3n) is 5.16. The molecule has 1 aliphatic carbocycles. The summed E-state index contributed by atoms with van der Waals surface area (Å²) in [6.07, 6.45) is 2.77. The maximum absolute atomic E-state index is 5.42. The molecule has 1 aromatic carbocycles. The van der Waals surface area contributed by atoms with Crippen LogP contribution in [-0.4, -0.2) is 56.3 Å². The first-order valence-corrected chi connectivity index (χ1v) is 8.72. The number of hydrogen-bond acceptors (Lipinski definition) is 5. The molecule has 2 aliphatic rings. The fourth-order valence-electron chi connectivity index (χ4n) is 3.66. The van der Waals surface area contributed by atoms with Crippen molar-refractivity contribution in [3.8, 4) is 11.5 Å². The minimum Gasteiger partial charge on any atom is -0.493 e. The molecule has 0 spiro atoms. The average Bonchev–Trinajstić information content (AvgIpc) is 3.45. The van der Waals surface area contributed by atoms with Crippen molar-refractivity contribution < 1.29 is 9.47 Å². The smallest absolute Gasteiger partial charge is 0.162 e. The second-order valence-corrected chi connectivity index (χ2v) is 6.78. The van der Waals surface area contributed by atoms with Crippen LogP contribution in [0.15, 0.2) is 18.2 Å². The topological polar surface area (TPSA) is 37.8 Å². The predicted octanol–water partition coefficient (Wildman–Crippen LogP) is 2.84. The Morgan fingerprint density at radius 2 is 1.62 bits per heavy atom. The molecule has 1 aromatic heterocycles. The molecule has 1 saturated carbocycles. The van der Waals surface area contributed by atoms with Gasteiger partial charge in [-0.15, -0.1) is 0 Å². The van der Waals surface area contributed by atoms with Crippen LogP contribution < -0.4 is 14.4 Å². The van der Waals surface area contributed by atoms with Crippen molar-refractivity contribution in [2.24, 2.45) is 0 Å². The van der Waals surface area contributed by atoms with Crippen molar-refractivity contribution in [2.75, 3.05) is 45.3 Å². The molecule has 24 heavy (non-hydrogen) atoms. The molecule has 1 aliphatic heterocycles. The van der Waals surface area contributed by atoms with E-state index in [1.165, 1.54) is 18.4 Å². The van der Waals surface area contributed by atoms with Gasteiger partial charge in [-0.25, -0.2) is 4.98 Å². The summed E-state index contributed by atoms with van der Waals surface area (Å²) in [6, 6.07) is 7.03. The number of methoxy groups -OCH3 is 2. The maximum atomic E-state index is 5.42.